The summed E-state index contributed by atoms with van der Waals surface area (Å²) < 4.78 is 5.42. The van der Waals surface area contributed by atoms with Gasteiger partial charge in [0.25, 0.3) is 0 Å². The third-order valence-corrected chi connectivity index (χ3v) is 4.55. The van der Waals surface area contributed by atoms with Crippen LogP contribution in [0, 0.1) is 16.7 Å². The van der Waals surface area contributed by atoms with Crippen molar-refractivity contribution in [3.05, 3.63) is 28.8 Å². The van der Waals surface area contributed by atoms with Gasteiger partial charge in [-0.25, -0.2) is 0 Å². The maximum Gasteiger partial charge on any atom is 0.122 e. The second-order valence-electron chi connectivity index (χ2n) is 5.79. The summed E-state index contributed by atoms with van der Waals surface area (Å²) in [6.07, 6.45) is 8.81. The third kappa shape index (κ3) is 3.67. The van der Waals surface area contributed by atoms with Crippen LogP contribution >= 0.6 is 11.6 Å². The van der Waals surface area contributed by atoms with Crippen LogP contribution in [-0.2, 0) is 6.42 Å². The first-order valence-electron chi connectivity index (χ1n) is 7.43. The molecule has 0 unspecified atom stereocenters. The molecular formula is C17H22ClNO. The van der Waals surface area contributed by atoms with Crippen molar-refractivity contribution in [2.45, 2.75) is 51.4 Å². The van der Waals surface area contributed by atoms with Gasteiger partial charge >= 0.3 is 0 Å². The molecule has 0 spiro atoms. The second-order valence-corrected chi connectivity index (χ2v) is 6.23. The topological polar surface area (TPSA) is 33.0 Å². The number of halogens is 1. The Morgan fingerprint density at radius 3 is 2.45 bits per heavy atom. The molecule has 0 aromatic heterocycles. The van der Waals surface area contributed by atoms with Crippen molar-refractivity contribution in [1.29, 1.82) is 5.26 Å². The quantitative estimate of drug-likeness (QED) is 0.772. The Morgan fingerprint density at radius 2 is 1.85 bits per heavy atom. The van der Waals surface area contributed by atoms with Gasteiger partial charge in [0, 0.05) is 5.02 Å². The fraction of sp³-hybridized carbons (Fsp3) is 0.588. The summed E-state index contributed by atoms with van der Waals surface area (Å²) >= 11 is 6.10. The molecule has 0 aliphatic heterocycles. The molecule has 1 saturated carbocycles. The molecule has 2 nitrogen and oxygen atoms in total. The monoisotopic (exact) mass is 291 g/mol. The molecule has 0 saturated heterocycles. The van der Waals surface area contributed by atoms with Crippen molar-refractivity contribution in [2.75, 3.05) is 7.11 Å². The summed E-state index contributed by atoms with van der Waals surface area (Å²) in [6.45, 7) is 0. The fourth-order valence-corrected chi connectivity index (χ4v) is 3.35. The Morgan fingerprint density at radius 1 is 1.20 bits per heavy atom. The molecule has 0 N–H and O–H groups in total. The number of hydrogen-bond donors (Lipinski definition) is 0. The van der Waals surface area contributed by atoms with Crippen LogP contribution in [-0.4, -0.2) is 7.11 Å². The lowest BCUT2D eigenvalue weighted by Gasteiger charge is -2.29. The number of hydrogen-bond acceptors (Lipinski definition) is 2. The number of rotatable bonds is 3. The Kier molecular flexibility index (Phi) is 5.31. The van der Waals surface area contributed by atoms with Crippen molar-refractivity contribution in [3.63, 3.8) is 0 Å². The molecule has 3 heteroatoms. The molecule has 0 radical (unpaired) electrons. The smallest absolute Gasteiger partial charge is 0.122 e. The molecule has 1 fully saturated rings. The van der Waals surface area contributed by atoms with E-state index in [1.165, 1.54) is 19.3 Å². The van der Waals surface area contributed by atoms with Crippen molar-refractivity contribution < 1.29 is 4.74 Å². The molecule has 108 valence electrons. The molecule has 1 aromatic rings. The van der Waals surface area contributed by atoms with Crippen LogP contribution < -0.4 is 4.74 Å². The molecule has 0 atom stereocenters. The first kappa shape index (κ1) is 15.2. The van der Waals surface area contributed by atoms with Crippen LogP contribution in [0.1, 0.15) is 50.5 Å². The van der Waals surface area contributed by atoms with Crippen molar-refractivity contribution in [2.24, 2.45) is 5.41 Å². The van der Waals surface area contributed by atoms with E-state index < -0.39 is 0 Å². The minimum absolute atomic E-state index is 0.252. The highest BCUT2D eigenvalue weighted by Crippen LogP contribution is 2.39. The van der Waals surface area contributed by atoms with E-state index in [9.17, 15) is 5.26 Å². The predicted octanol–water partition coefficient (Wildman–Crippen LogP) is 5.15. The van der Waals surface area contributed by atoms with Gasteiger partial charge in [0.15, 0.2) is 0 Å². The summed E-state index contributed by atoms with van der Waals surface area (Å²) in [6, 6.07) is 8.28. The number of nitrogens with zero attached hydrogens (tertiary/aromatic N) is 1. The highest BCUT2D eigenvalue weighted by molar-refractivity contribution is 6.30. The van der Waals surface area contributed by atoms with Crippen molar-refractivity contribution >= 4 is 11.6 Å². The zero-order valence-electron chi connectivity index (χ0n) is 12.1. The van der Waals surface area contributed by atoms with Gasteiger partial charge in [-0.1, -0.05) is 43.7 Å². The first-order chi connectivity index (χ1) is 9.69. The van der Waals surface area contributed by atoms with Crippen LogP contribution in [0.2, 0.25) is 5.02 Å². The molecule has 0 bridgehead atoms. The van der Waals surface area contributed by atoms with Gasteiger partial charge in [-0.3, -0.25) is 0 Å². The van der Waals surface area contributed by atoms with Gasteiger partial charge in [-0.15, -0.1) is 0 Å². The lowest BCUT2D eigenvalue weighted by Crippen LogP contribution is -2.23. The van der Waals surface area contributed by atoms with E-state index in [-0.39, 0.29) is 5.41 Å². The molecule has 2 rings (SSSR count). The fourth-order valence-electron chi connectivity index (χ4n) is 3.16. The lowest BCUT2D eigenvalue weighted by atomic mass is 9.73. The highest BCUT2D eigenvalue weighted by Gasteiger charge is 2.31. The van der Waals surface area contributed by atoms with E-state index in [1.54, 1.807) is 7.11 Å². The first-order valence-corrected chi connectivity index (χ1v) is 7.81. The van der Waals surface area contributed by atoms with Gasteiger partial charge in [-0.2, -0.15) is 5.26 Å². The van der Waals surface area contributed by atoms with E-state index in [1.807, 2.05) is 18.2 Å². The van der Waals surface area contributed by atoms with Crippen LogP contribution in [0.15, 0.2) is 18.2 Å². The van der Waals surface area contributed by atoms with Gasteiger partial charge in [0.2, 0.25) is 0 Å². The maximum absolute atomic E-state index is 9.73. The number of benzene rings is 1. The summed E-state index contributed by atoms with van der Waals surface area (Å²) in [5, 5.41) is 10.4. The third-order valence-electron chi connectivity index (χ3n) is 4.32. The van der Waals surface area contributed by atoms with Crippen LogP contribution in [0.4, 0.5) is 0 Å². The highest BCUT2D eigenvalue weighted by atomic mass is 35.5. The average molecular weight is 292 g/mol. The normalized spacial score (nSPS) is 18.6. The van der Waals surface area contributed by atoms with Crippen molar-refractivity contribution in [1.82, 2.24) is 0 Å². The number of nitriles is 1. The zero-order chi connectivity index (χ0) is 14.4. The molecule has 1 aliphatic rings. The number of methoxy groups -OCH3 is 1. The van der Waals surface area contributed by atoms with Crippen molar-refractivity contribution in [3.8, 4) is 11.8 Å². The lowest BCUT2D eigenvalue weighted by molar-refractivity contribution is 0.283. The van der Waals surface area contributed by atoms with E-state index in [0.29, 0.717) is 5.02 Å². The maximum atomic E-state index is 9.73. The Bertz CT molecular complexity index is 484. The minimum Gasteiger partial charge on any atom is -0.496 e. The largest absolute Gasteiger partial charge is 0.496 e. The van der Waals surface area contributed by atoms with Gasteiger partial charge in [0.1, 0.15) is 5.75 Å². The summed E-state index contributed by atoms with van der Waals surface area (Å²) in [5.41, 5.74) is 0.806. The van der Waals surface area contributed by atoms with Gasteiger partial charge < -0.3 is 4.74 Å². The van der Waals surface area contributed by atoms with Gasteiger partial charge in [-0.05, 0) is 43.0 Å². The molecule has 20 heavy (non-hydrogen) atoms. The summed E-state index contributed by atoms with van der Waals surface area (Å²) in [5.74, 6) is 0.839. The van der Waals surface area contributed by atoms with E-state index in [2.05, 4.69) is 6.07 Å². The molecule has 1 aromatic carbocycles. The van der Waals surface area contributed by atoms with E-state index in [4.69, 9.17) is 16.3 Å². The number of ether oxygens (including phenoxy) is 1. The minimum atomic E-state index is -0.252. The van der Waals surface area contributed by atoms with E-state index in [0.717, 1.165) is 43.4 Å². The molecular weight excluding hydrogens is 270 g/mol. The second kappa shape index (κ2) is 6.99. The molecule has 0 heterocycles. The molecule has 1 aliphatic carbocycles. The summed E-state index contributed by atoms with van der Waals surface area (Å²) in [7, 11) is 1.67. The Labute approximate surface area is 126 Å². The van der Waals surface area contributed by atoms with Gasteiger partial charge in [0.05, 0.1) is 18.6 Å². The SMILES string of the molecule is COc1ccc(Cl)cc1CC1(C#N)CCCCCCC1. The Hall–Kier alpha value is -1.20. The average Bonchev–Trinajstić information content (AvgIpc) is 2.42. The standard InChI is InChI=1S/C17H22ClNO/c1-20-16-8-7-15(18)11-14(16)12-17(13-19)9-5-3-2-4-6-10-17/h7-8,11H,2-6,9-10,12H2,1H3. The van der Waals surface area contributed by atoms with E-state index >= 15 is 0 Å². The Balaban J connectivity index is 2.24. The molecule has 0 amide bonds. The summed E-state index contributed by atoms with van der Waals surface area (Å²) in [4.78, 5) is 0. The zero-order valence-corrected chi connectivity index (χ0v) is 12.9. The van der Waals surface area contributed by atoms with Crippen LogP contribution in [0.3, 0.4) is 0 Å². The predicted molar refractivity (Wildman–Crippen MR) is 82.1 cm³/mol. The van der Waals surface area contributed by atoms with Crippen LogP contribution in [0.5, 0.6) is 5.75 Å². The van der Waals surface area contributed by atoms with Crippen LogP contribution in [0.25, 0.3) is 0 Å².